The van der Waals surface area contributed by atoms with Crippen LogP contribution < -0.4 is 0 Å². The van der Waals surface area contributed by atoms with Crippen LogP contribution in [0, 0.1) is 0 Å². The van der Waals surface area contributed by atoms with Gasteiger partial charge >= 0.3 is 6.18 Å². The Morgan fingerprint density at radius 2 is 1.94 bits per heavy atom. The molecule has 0 spiro atoms. The van der Waals surface area contributed by atoms with E-state index in [0.29, 0.717) is 23.0 Å². The summed E-state index contributed by atoms with van der Waals surface area (Å²) < 4.78 is 52.1. The highest BCUT2D eigenvalue weighted by Crippen LogP contribution is 2.45. The maximum atomic E-state index is 13.2. The Morgan fingerprint density at radius 1 is 1.13 bits per heavy atom. The van der Waals surface area contributed by atoms with E-state index in [0.717, 1.165) is 33.8 Å². The Balaban J connectivity index is 1.46. The molecule has 31 heavy (non-hydrogen) atoms. The predicted molar refractivity (Wildman–Crippen MR) is 109 cm³/mol. The minimum absolute atomic E-state index is 0.0372. The van der Waals surface area contributed by atoms with Crippen LogP contribution in [0.15, 0.2) is 42.6 Å². The summed E-state index contributed by atoms with van der Waals surface area (Å²) in [7, 11) is 0. The first kappa shape index (κ1) is 20.0. The first-order chi connectivity index (χ1) is 14.9. The second-order valence-corrected chi connectivity index (χ2v) is 8.60. The van der Waals surface area contributed by atoms with Gasteiger partial charge in [0.2, 0.25) is 0 Å². The summed E-state index contributed by atoms with van der Waals surface area (Å²) >= 11 is 1.55. The zero-order valence-electron chi connectivity index (χ0n) is 16.2. The molecule has 1 aliphatic carbocycles. The summed E-state index contributed by atoms with van der Waals surface area (Å²) in [6.07, 6.45) is -4.62. The number of pyridine rings is 1. The van der Waals surface area contributed by atoms with Crippen LogP contribution in [0.5, 0.6) is 0 Å². The fourth-order valence-electron chi connectivity index (χ4n) is 3.33. The lowest BCUT2D eigenvalue weighted by molar-refractivity contribution is -0.181. The number of thiazole rings is 1. The third-order valence-electron chi connectivity index (χ3n) is 5.20. The fourth-order valence-corrected chi connectivity index (χ4v) is 4.52. The van der Waals surface area contributed by atoms with Crippen molar-refractivity contribution in [2.24, 2.45) is 0 Å². The number of para-hydroxylation sites is 1. The Morgan fingerprint density at radius 3 is 2.65 bits per heavy atom. The van der Waals surface area contributed by atoms with Crippen LogP contribution in [0.25, 0.3) is 27.4 Å². The van der Waals surface area contributed by atoms with E-state index in [1.54, 1.807) is 28.2 Å². The average molecular weight is 447 g/mol. The predicted octanol–water partition coefficient (Wildman–Crippen LogP) is 5.65. The summed E-state index contributed by atoms with van der Waals surface area (Å²) in [6.45, 7) is 0. The molecule has 1 saturated carbocycles. The number of nitrogens with zero attached hydrogens (tertiary/aromatic N) is 5. The Kier molecular flexibility index (Phi) is 4.96. The van der Waals surface area contributed by atoms with Gasteiger partial charge in [0.05, 0.1) is 21.1 Å². The van der Waals surface area contributed by atoms with Gasteiger partial charge in [0.25, 0.3) is 0 Å². The molecule has 1 aliphatic rings. The lowest BCUT2D eigenvalue weighted by atomic mass is 10.1. The third-order valence-corrected chi connectivity index (χ3v) is 6.43. The zero-order chi connectivity index (χ0) is 21.6. The molecule has 0 bridgehead atoms. The summed E-state index contributed by atoms with van der Waals surface area (Å²) in [5.41, 5.74) is 2.78. The number of aryl methyl sites for hydroxylation is 1. The van der Waals surface area contributed by atoms with Gasteiger partial charge in [-0.05, 0) is 49.4 Å². The van der Waals surface area contributed by atoms with Gasteiger partial charge in [-0.3, -0.25) is 4.98 Å². The highest BCUT2D eigenvalue weighted by Gasteiger charge is 2.39. The topological polar surface area (TPSA) is 56.5 Å². The van der Waals surface area contributed by atoms with E-state index in [4.69, 9.17) is 4.98 Å². The smallest absolute Gasteiger partial charge is 0.255 e. The molecule has 0 radical (unpaired) electrons. The number of alkyl halides is 4. The van der Waals surface area contributed by atoms with Crippen molar-refractivity contribution in [1.29, 1.82) is 0 Å². The van der Waals surface area contributed by atoms with E-state index < -0.39 is 18.8 Å². The van der Waals surface area contributed by atoms with E-state index in [-0.39, 0.29) is 6.42 Å². The second-order valence-electron chi connectivity index (χ2n) is 7.57. The van der Waals surface area contributed by atoms with Gasteiger partial charge in [-0.2, -0.15) is 17.9 Å². The highest BCUT2D eigenvalue weighted by atomic mass is 32.1. The monoisotopic (exact) mass is 447 g/mol. The second kappa shape index (κ2) is 7.67. The van der Waals surface area contributed by atoms with Gasteiger partial charge in [-0.25, -0.2) is 9.37 Å². The molecule has 1 fully saturated rings. The van der Waals surface area contributed by atoms with Crippen molar-refractivity contribution in [1.82, 2.24) is 25.0 Å². The van der Waals surface area contributed by atoms with E-state index in [9.17, 15) is 17.6 Å². The molecule has 3 heterocycles. The van der Waals surface area contributed by atoms with Crippen molar-refractivity contribution < 1.29 is 17.6 Å². The SMILES string of the molecule is FC(CCc1ccc(-c2sc(C3CC3)nc2-n2nnc3ccccc32)nc1)C(F)(F)F. The Labute approximate surface area is 178 Å². The molecule has 0 aliphatic heterocycles. The van der Waals surface area contributed by atoms with Gasteiger partial charge < -0.3 is 0 Å². The summed E-state index contributed by atoms with van der Waals surface area (Å²) in [6, 6.07) is 11.0. The van der Waals surface area contributed by atoms with Gasteiger partial charge in [0.1, 0.15) is 5.52 Å². The molecule has 3 aromatic heterocycles. The van der Waals surface area contributed by atoms with Crippen LogP contribution in [-0.4, -0.2) is 37.3 Å². The molecule has 5 rings (SSSR count). The summed E-state index contributed by atoms with van der Waals surface area (Å²) in [5.74, 6) is 1.08. The van der Waals surface area contributed by atoms with Crippen LogP contribution in [0.1, 0.15) is 35.8 Å². The molecule has 1 aromatic carbocycles. The van der Waals surface area contributed by atoms with Gasteiger partial charge in [0.15, 0.2) is 12.0 Å². The molecule has 5 nitrogen and oxygen atoms in total. The van der Waals surface area contributed by atoms with Crippen molar-refractivity contribution in [3.05, 3.63) is 53.2 Å². The van der Waals surface area contributed by atoms with Crippen molar-refractivity contribution in [3.8, 4) is 16.4 Å². The van der Waals surface area contributed by atoms with E-state index in [1.807, 2.05) is 24.3 Å². The standard InChI is InChI=1S/C21H17F4N5S/c22-17(21(23,24)25)10-6-12-5-9-15(26-11-12)18-19(27-20(31-18)13-7-8-13)30-16-4-2-1-3-14(16)28-29-30/h1-5,9,11,13,17H,6-8,10H2. The molecule has 10 heteroatoms. The first-order valence-electron chi connectivity index (χ1n) is 9.88. The zero-order valence-corrected chi connectivity index (χ0v) is 17.0. The van der Waals surface area contributed by atoms with Gasteiger partial charge in [-0.1, -0.05) is 23.4 Å². The Hall–Kier alpha value is -2.88. The first-order valence-corrected chi connectivity index (χ1v) is 10.7. The maximum absolute atomic E-state index is 13.2. The quantitative estimate of drug-likeness (QED) is 0.359. The Bertz CT molecular complexity index is 1210. The largest absolute Gasteiger partial charge is 0.419 e. The van der Waals surface area contributed by atoms with Crippen molar-refractivity contribution in [2.45, 2.75) is 43.9 Å². The summed E-state index contributed by atoms with van der Waals surface area (Å²) in [5, 5.41) is 9.49. The normalized spacial score (nSPS) is 15.5. The van der Waals surface area contributed by atoms with Crippen LogP contribution in [0.2, 0.25) is 0 Å². The van der Waals surface area contributed by atoms with Crippen LogP contribution >= 0.6 is 11.3 Å². The average Bonchev–Trinajstić information content (AvgIpc) is 3.37. The minimum Gasteiger partial charge on any atom is -0.255 e. The molecule has 1 unspecified atom stereocenters. The number of benzene rings is 1. The van der Waals surface area contributed by atoms with Crippen molar-refractivity contribution in [2.75, 3.05) is 0 Å². The third kappa shape index (κ3) is 4.04. The number of fused-ring (bicyclic) bond motifs is 1. The van der Waals surface area contributed by atoms with E-state index >= 15 is 0 Å². The van der Waals surface area contributed by atoms with Gasteiger partial charge in [-0.15, -0.1) is 16.4 Å². The molecule has 4 aromatic rings. The van der Waals surface area contributed by atoms with Crippen molar-refractivity contribution >= 4 is 22.4 Å². The highest BCUT2D eigenvalue weighted by molar-refractivity contribution is 7.15. The van der Waals surface area contributed by atoms with E-state index in [2.05, 4.69) is 15.3 Å². The fraction of sp³-hybridized carbons (Fsp3) is 0.333. The number of halogens is 4. The maximum Gasteiger partial charge on any atom is 0.419 e. The van der Waals surface area contributed by atoms with Crippen LogP contribution in [0.4, 0.5) is 17.6 Å². The molecule has 160 valence electrons. The molecular formula is C21H17F4N5S. The lowest BCUT2D eigenvalue weighted by Gasteiger charge is -2.11. The number of hydrogen-bond acceptors (Lipinski definition) is 5. The molecule has 1 atom stereocenters. The van der Waals surface area contributed by atoms with Gasteiger partial charge in [0, 0.05) is 12.1 Å². The minimum atomic E-state index is -4.83. The molecule has 0 saturated heterocycles. The number of rotatable bonds is 6. The van der Waals surface area contributed by atoms with Crippen molar-refractivity contribution in [3.63, 3.8) is 0 Å². The summed E-state index contributed by atoms with van der Waals surface area (Å²) in [4.78, 5) is 10.1. The van der Waals surface area contributed by atoms with E-state index in [1.165, 1.54) is 6.20 Å². The molecule has 0 amide bonds. The van der Waals surface area contributed by atoms with Crippen LogP contribution in [0.3, 0.4) is 0 Å². The molecule has 0 N–H and O–H groups in total. The number of aromatic nitrogens is 5. The number of hydrogen-bond donors (Lipinski definition) is 0. The molecular weight excluding hydrogens is 430 g/mol. The van der Waals surface area contributed by atoms with Crippen LogP contribution in [-0.2, 0) is 6.42 Å². The lowest BCUT2D eigenvalue weighted by Crippen LogP contribution is -2.24.